The van der Waals surface area contributed by atoms with E-state index in [1.807, 2.05) is 12.1 Å². The van der Waals surface area contributed by atoms with E-state index in [1.165, 1.54) is 11.3 Å². The highest BCUT2D eigenvalue weighted by molar-refractivity contribution is 9.11. The van der Waals surface area contributed by atoms with Gasteiger partial charge < -0.3 is 14.6 Å². The highest BCUT2D eigenvalue weighted by atomic mass is 79.9. The average Bonchev–Trinajstić information content (AvgIpc) is 2.83. The van der Waals surface area contributed by atoms with Gasteiger partial charge in [-0.1, -0.05) is 0 Å². The van der Waals surface area contributed by atoms with Gasteiger partial charge in [0.1, 0.15) is 17.6 Å². The van der Waals surface area contributed by atoms with Crippen molar-refractivity contribution in [1.29, 1.82) is 0 Å². The fourth-order valence-electron chi connectivity index (χ4n) is 1.63. The van der Waals surface area contributed by atoms with E-state index >= 15 is 0 Å². The third-order valence-electron chi connectivity index (χ3n) is 2.55. The molecule has 5 heteroatoms. The summed E-state index contributed by atoms with van der Waals surface area (Å²) in [6.45, 7) is 0. The van der Waals surface area contributed by atoms with Gasteiger partial charge in [-0.25, -0.2) is 0 Å². The van der Waals surface area contributed by atoms with Gasteiger partial charge >= 0.3 is 0 Å². The number of halogens is 1. The van der Waals surface area contributed by atoms with E-state index in [2.05, 4.69) is 15.9 Å². The maximum absolute atomic E-state index is 10.3. The summed E-state index contributed by atoms with van der Waals surface area (Å²) in [4.78, 5) is 0.872. The van der Waals surface area contributed by atoms with Crippen LogP contribution in [0.5, 0.6) is 11.5 Å². The number of rotatable bonds is 4. The molecular weight excluding hydrogens is 316 g/mol. The van der Waals surface area contributed by atoms with E-state index in [9.17, 15) is 5.11 Å². The van der Waals surface area contributed by atoms with Crippen LogP contribution < -0.4 is 9.47 Å². The maximum Gasteiger partial charge on any atom is 0.122 e. The van der Waals surface area contributed by atoms with Crippen LogP contribution in [0.15, 0.2) is 34.1 Å². The Bertz CT molecular complexity index is 517. The molecule has 0 aliphatic heterocycles. The Balaban J connectivity index is 2.37. The van der Waals surface area contributed by atoms with Gasteiger partial charge in [-0.3, -0.25) is 0 Å². The molecule has 1 heterocycles. The second-order valence-electron chi connectivity index (χ2n) is 3.69. The van der Waals surface area contributed by atoms with Crippen LogP contribution in [0.2, 0.25) is 0 Å². The third kappa shape index (κ3) is 2.85. The first-order valence-electron chi connectivity index (χ1n) is 5.30. The van der Waals surface area contributed by atoms with Gasteiger partial charge in [-0.2, -0.15) is 0 Å². The highest BCUT2D eigenvalue weighted by Crippen LogP contribution is 2.34. The molecular formula is C13H13BrO3S. The summed E-state index contributed by atoms with van der Waals surface area (Å²) in [5.74, 6) is 1.33. The number of aliphatic hydroxyl groups is 1. The van der Waals surface area contributed by atoms with Gasteiger partial charge in [0.05, 0.1) is 18.0 Å². The van der Waals surface area contributed by atoms with Crippen LogP contribution in [0.3, 0.4) is 0 Å². The molecule has 0 radical (unpaired) electrons. The Morgan fingerprint density at radius 1 is 1.11 bits per heavy atom. The largest absolute Gasteiger partial charge is 0.497 e. The van der Waals surface area contributed by atoms with Gasteiger partial charge in [-0.15, -0.1) is 11.3 Å². The molecule has 0 aliphatic carbocycles. The normalized spacial score (nSPS) is 12.2. The van der Waals surface area contributed by atoms with Gasteiger partial charge in [0, 0.05) is 10.9 Å². The minimum absolute atomic E-state index is 0.666. The molecule has 0 spiro atoms. The second kappa shape index (κ2) is 5.73. The van der Waals surface area contributed by atoms with Crippen molar-refractivity contribution in [2.75, 3.05) is 14.2 Å². The Morgan fingerprint density at radius 2 is 1.72 bits per heavy atom. The summed E-state index contributed by atoms with van der Waals surface area (Å²) < 4.78 is 11.4. The predicted octanol–water partition coefficient (Wildman–Crippen LogP) is 3.61. The molecule has 1 atom stereocenters. The van der Waals surface area contributed by atoms with Gasteiger partial charge in [0.15, 0.2) is 0 Å². The molecule has 96 valence electrons. The van der Waals surface area contributed by atoms with E-state index in [4.69, 9.17) is 9.47 Å². The number of hydrogen-bond acceptors (Lipinski definition) is 4. The van der Waals surface area contributed by atoms with Crippen molar-refractivity contribution in [3.63, 3.8) is 0 Å². The number of hydrogen-bond donors (Lipinski definition) is 1. The van der Waals surface area contributed by atoms with Gasteiger partial charge in [0.25, 0.3) is 0 Å². The third-order valence-corrected chi connectivity index (χ3v) is 4.23. The molecule has 0 bridgehead atoms. The van der Waals surface area contributed by atoms with Crippen molar-refractivity contribution in [2.24, 2.45) is 0 Å². The van der Waals surface area contributed by atoms with E-state index in [0.29, 0.717) is 11.5 Å². The van der Waals surface area contributed by atoms with Crippen molar-refractivity contribution >= 4 is 27.3 Å². The second-order valence-corrected chi connectivity index (χ2v) is 6.19. The predicted molar refractivity (Wildman–Crippen MR) is 75.6 cm³/mol. The van der Waals surface area contributed by atoms with Crippen molar-refractivity contribution in [2.45, 2.75) is 6.10 Å². The van der Waals surface area contributed by atoms with E-state index in [1.54, 1.807) is 32.4 Å². The highest BCUT2D eigenvalue weighted by Gasteiger charge is 2.15. The quantitative estimate of drug-likeness (QED) is 0.931. The first-order chi connectivity index (χ1) is 8.63. The van der Waals surface area contributed by atoms with Gasteiger partial charge in [0.2, 0.25) is 0 Å². The Labute approximate surface area is 118 Å². The Morgan fingerprint density at radius 3 is 2.17 bits per heavy atom. The minimum atomic E-state index is -0.676. The van der Waals surface area contributed by atoms with Crippen molar-refractivity contribution < 1.29 is 14.6 Å². The summed E-state index contributed by atoms with van der Waals surface area (Å²) in [6, 6.07) is 9.20. The zero-order valence-electron chi connectivity index (χ0n) is 10.0. The molecule has 0 saturated carbocycles. The fraction of sp³-hybridized carbons (Fsp3) is 0.231. The lowest BCUT2D eigenvalue weighted by Gasteiger charge is -2.12. The summed E-state index contributed by atoms with van der Waals surface area (Å²) in [6.07, 6.45) is -0.676. The summed E-state index contributed by atoms with van der Waals surface area (Å²) in [7, 11) is 3.18. The monoisotopic (exact) mass is 328 g/mol. The van der Waals surface area contributed by atoms with Gasteiger partial charge in [-0.05, 0) is 45.8 Å². The first-order valence-corrected chi connectivity index (χ1v) is 6.91. The van der Waals surface area contributed by atoms with E-state index in [0.717, 1.165) is 14.2 Å². The molecule has 1 aromatic carbocycles. The van der Waals surface area contributed by atoms with Crippen LogP contribution in [0.25, 0.3) is 0 Å². The Kier molecular flexibility index (Phi) is 4.27. The van der Waals surface area contributed by atoms with E-state index < -0.39 is 6.10 Å². The molecule has 2 rings (SSSR count). The number of ether oxygens (including phenoxy) is 2. The van der Waals surface area contributed by atoms with Crippen molar-refractivity contribution in [3.8, 4) is 11.5 Å². The van der Waals surface area contributed by atoms with Crippen LogP contribution in [-0.2, 0) is 0 Å². The number of thiophene rings is 1. The molecule has 0 aliphatic rings. The standard InChI is InChI=1S/C13H13BrO3S/c1-16-9-5-8(6-10(7-9)17-2)13(15)11-3-4-12(14)18-11/h3-7,13,15H,1-2H3. The SMILES string of the molecule is COc1cc(OC)cc(C(O)c2ccc(Br)s2)c1. The molecule has 18 heavy (non-hydrogen) atoms. The summed E-state index contributed by atoms with van der Waals surface area (Å²) in [5.41, 5.74) is 0.751. The molecule has 1 unspecified atom stereocenters. The average molecular weight is 329 g/mol. The molecule has 0 amide bonds. The van der Waals surface area contributed by atoms with Crippen LogP contribution >= 0.6 is 27.3 Å². The first kappa shape index (κ1) is 13.4. The smallest absolute Gasteiger partial charge is 0.122 e. The lowest BCUT2D eigenvalue weighted by Crippen LogP contribution is -1.99. The lowest BCUT2D eigenvalue weighted by molar-refractivity contribution is 0.223. The topological polar surface area (TPSA) is 38.7 Å². The van der Waals surface area contributed by atoms with Crippen LogP contribution in [0.1, 0.15) is 16.5 Å². The van der Waals surface area contributed by atoms with Crippen LogP contribution in [0.4, 0.5) is 0 Å². The molecule has 0 fully saturated rings. The zero-order chi connectivity index (χ0) is 13.1. The van der Waals surface area contributed by atoms with E-state index in [-0.39, 0.29) is 0 Å². The van der Waals surface area contributed by atoms with Crippen molar-refractivity contribution in [3.05, 3.63) is 44.6 Å². The summed E-state index contributed by atoms with van der Waals surface area (Å²) in [5, 5.41) is 10.3. The van der Waals surface area contributed by atoms with Crippen LogP contribution in [0, 0.1) is 0 Å². The van der Waals surface area contributed by atoms with Crippen molar-refractivity contribution in [1.82, 2.24) is 0 Å². The lowest BCUT2D eigenvalue weighted by atomic mass is 10.1. The van der Waals surface area contributed by atoms with Crippen LogP contribution in [-0.4, -0.2) is 19.3 Å². The molecule has 3 nitrogen and oxygen atoms in total. The number of benzene rings is 1. The Hall–Kier alpha value is -1.04. The molecule has 1 aromatic heterocycles. The minimum Gasteiger partial charge on any atom is -0.497 e. The zero-order valence-corrected chi connectivity index (χ0v) is 12.4. The number of methoxy groups -OCH3 is 2. The molecule has 0 saturated heterocycles. The number of aliphatic hydroxyl groups excluding tert-OH is 1. The maximum atomic E-state index is 10.3. The summed E-state index contributed by atoms with van der Waals surface area (Å²) >= 11 is 4.89. The molecule has 2 aromatic rings. The fourth-order valence-corrected chi connectivity index (χ4v) is 3.06. The molecule has 1 N–H and O–H groups in total.